The van der Waals surface area contributed by atoms with E-state index in [-0.39, 0.29) is 0 Å². The van der Waals surface area contributed by atoms with Gasteiger partial charge in [-0.25, -0.2) is 0 Å². The highest BCUT2D eigenvalue weighted by molar-refractivity contribution is 5.27. The third kappa shape index (κ3) is 2.43. The second-order valence-corrected chi connectivity index (χ2v) is 6.96. The summed E-state index contributed by atoms with van der Waals surface area (Å²) in [6, 6.07) is 11.0. The van der Waals surface area contributed by atoms with Crippen molar-refractivity contribution < 1.29 is 9.80 Å². The molecule has 2 heteroatoms. The summed E-state index contributed by atoms with van der Waals surface area (Å²) in [4.78, 5) is 3.54. The number of hydrogen-bond donors (Lipinski definition) is 2. The number of rotatable bonds is 3. The molecule has 0 aromatic heterocycles. The average molecular weight is 270 g/mol. The van der Waals surface area contributed by atoms with E-state index in [1.165, 1.54) is 51.3 Å². The lowest BCUT2D eigenvalue weighted by molar-refractivity contribution is -0.988. The molecule has 0 spiro atoms. The van der Waals surface area contributed by atoms with Crippen LogP contribution in [0.1, 0.15) is 12.8 Å². The van der Waals surface area contributed by atoms with Gasteiger partial charge >= 0.3 is 0 Å². The maximum absolute atomic E-state index is 2.50. The van der Waals surface area contributed by atoms with E-state index < -0.39 is 0 Å². The Balaban J connectivity index is 1.31. The van der Waals surface area contributed by atoms with Crippen LogP contribution in [0.5, 0.6) is 0 Å². The number of benzene rings is 1. The predicted octanol–water partition coefficient (Wildman–Crippen LogP) is 0.314. The lowest BCUT2D eigenvalue weighted by Gasteiger charge is -2.32. The van der Waals surface area contributed by atoms with Gasteiger partial charge in [0.15, 0.2) is 0 Å². The molecule has 2 aliphatic carbocycles. The molecule has 106 valence electrons. The van der Waals surface area contributed by atoms with Gasteiger partial charge in [-0.15, -0.1) is 0 Å². The van der Waals surface area contributed by atoms with E-state index in [0.717, 1.165) is 17.8 Å². The number of piperazine rings is 1. The van der Waals surface area contributed by atoms with Crippen LogP contribution in [-0.4, -0.2) is 32.7 Å². The minimum Gasteiger partial charge on any atom is -0.325 e. The molecule has 2 nitrogen and oxygen atoms in total. The van der Waals surface area contributed by atoms with Crippen LogP contribution in [0.25, 0.3) is 0 Å². The van der Waals surface area contributed by atoms with Crippen molar-refractivity contribution in [2.45, 2.75) is 12.8 Å². The monoisotopic (exact) mass is 270 g/mol. The second kappa shape index (κ2) is 5.34. The van der Waals surface area contributed by atoms with Crippen LogP contribution < -0.4 is 9.80 Å². The Morgan fingerprint density at radius 2 is 1.70 bits per heavy atom. The van der Waals surface area contributed by atoms with Crippen LogP contribution in [0.15, 0.2) is 42.5 Å². The summed E-state index contributed by atoms with van der Waals surface area (Å²) >= 11 is 0. The van der Waals surface area contributed by atoms with E-state index in [9.17, 15) is 0 Å². The molecule has 2 N–H and O–H groups in total. The van der Waals surface area contributed by atoms with Crippen molar-refractivity contribution in [1.29, 1.82) is 0 Å². The van der Waals surface area contributed by atoms with Crippen molar-refractivity contribution in [2.24, 2.45) is 17.8 Å². The summed E-state index contributed by atoms with van der Waals surface area (Å²) in [7, 11) is 0. The molecule has 3 atom stereocenters. The second-order valence-electron chi connectivity index (χ2n) is 6.96. The van der Waals surface area contributed by atoms with Crippen LogP contribution in [0.2, 0.25) is 0 Å². The normalized spacial score (nSPS) is 39.3. The average Bonchev–Trinajstić information content (AvgIpc) is 3.12. The largest absolute Gasteiger partial charge is 0.325 e. The quantitative estimate of drug-likeness (QED) is 0.732. The van der Waals surface area contributed by atoms with Crippen LogP contribution >= 0.6 is 0 Å². The fourth-order valence-corrected chi connectivity index (χ4v) is 4.57. The molecule has 1 aromatic carbocycles. The first-order valence-corrected chi connectivity index (χ1v) is 8.30. The van der Waals surface area contributed by atoms with Crippen molar-refractivity contribution in [1.82, 2.24) is 0 Å². The predicted molar refractivity (Wildman–Crippen MR) is 81.2 cm³/mol. The van der Waals surface area contributed by atoms with E-state index in [4.69, 9.17) is 0 Å². The first kappa shape index (κ1) is 12.6. The van der Waals surface area contributed by atoms with Crippen LogP contribution in [0.4, 0.5) is 5.69 Å². The third-order valence-electron chi connectivity index (χ3n) is 5.71. The zero-order chi connectivity index (χ0) is 13.4. The fourth-order valence-electron chi connectivity index (χ4n) is 4.57. The van der Waals surface area contributed by atoms with Gasteiger partial charge < -0.3 is 4.90 Å². The van der Waals surface area contributed by atoms with Crippen LogP contribution in [0, 0.1) is 17.8 Å². The van der Waals surface area contributed by atoms with E-state index in [0.29, 0.717) is 0 Å². The Morgan fingerprint density at radius 1 is 0.900 bits per heavy atom. The number of hydrogen-bond acceptors (Lipinski definition) is 0. The first-order chi connectivity index (χ1) is 9.88. The smallest absolute Gasteiger partial charge is 0.132 e. The topological polar surface area (TPSA) is 8.88 Å². The first-order valence-electron chi connectivity index (χ1n) is 8.30. The molecule has 0 radical (unpaired) electrons. The highest BCUT2D eigenvalue weighted by atomic mass is 15.3. The van der Waals surface area contributed by atoms with Gasteiger partial charge in [0.1, 0.15) is 31.9 Å². The molecular weight excluding hydrogens is 244 g/mol. The van der Waals surface area contributed by atoms with Gasteiger partial charge in [-0.3, -0.25) is 4.90 Å². The van der Waals surface area contributed by atoms with Crippen LogP contribution in [-0.2, 0) is 0 Å². The summed E-state index contributed by atoms with van der Waals surface area (Å²) in [5, 5.41) is 0. The van der Waals surface area contributed by atoms with Gasteiger partial charge in [0.2, 0.25) is 0 Å². The summed E-state index contributed by atoms with van der Waals surface area (Å²) < 4.78 is 0. The zero-order valence-electron chi connectivity index (χ0n) is 12.2. The molecule has 1 saturated heterocycles. The Hall–Kier alpha value is -1.12. The summed E-state index contributed by atoms with van der Waals surface area (Å²) in [5.41, 5.74) is 1.48. The minimum atomic E-state index is 0.923. The Bertz CT molecular complexity index is 473. The molecule has 0 unspecified atom stereocenters. The zero-order valence-corrected chi connectivity index (χ0v) is 12.2. The SMILES string of the molecule is C1=C[C@H]2C[C@@H]1C[C@H]2C[NH+]1CC[NH+](c2ccccc2)CC1. The molecule has 0 amide bonds. The summed E-state index contributed by atoms with van der Waals surface area (Å²) in [6.45, 7) is 6.73. The highest BCUT2D eigenvalue weighted by Crippen LogP contribution is 2.42. The summed E-state index contributed by atoms with van der Waals surface area (Å²) in [6.07, 6.45) is 7.90. The molecule has 2 bridgehead atoms. The van der Waals surface area contributed by atoms with E-state index in [2.05, 4.69) is 42.5 Å². The molecule has 4 rings (SSSR count). The fraction of sp³-hybridized carbons (Fsp3) is 0.556. The molecule has 1 saturated carbocycles. The van der Waals surface area contributed by atoms with Crippen molar-refractivity contribution in [3.8, 4) is 0 Å². The van der Waals surface area contributed by atoms with Gasteiger partial charge in [0.05, 0.1) is 6.54 Å². The van der Waals surface area contributed by atoms with E-state index in [1.807, 2.05) is 4.90 Å². The molecule has 20 heavy (non-hydrogen) atoms. The van der Waals surface area contributed by atoms with Crippen molar-refractivity contribution in [3.63, 3.8) is 0 Å². The number of para-hydroxylation sites is 1. The van der Waals surface area contributed by atoms with E-state index >= 15 is 0 Å². The van der Waals surface area contributed by atoms with Gasteiger partial charge in [-0.1, -0.05) is 30.4 Å². The Labute approximate surface area is 122 Å². The number of fused-ring (bicyclic) bond motifs is 2. The lowest BCUT2D eigenvalue weighted by Crippen LogP contribution is -3.26. The van der Waals surface area contributed by atoms with E-state index in [1.54, 1.807) is 4.90 Å². The molecular formula is C18H26N2+2. The van der Waals surface area contributed by atoms with Crippen molar-refractivity contribution >= 4 is 5.69 Å². The van der Waals surface area contributed by atoms with Gasteiger partial charge in [0, 0.05) is 5.92 Å². The minimum absolute atomic E-state index is 0.923. The Kier molecular flexibility index (Phi) is 3.37. The van der Waals surface area contributed by atoms with Crippen molar-refractivity contribution in [3.05, 3.63) is 42.5 Å². The Morgan fingerprint density at radius 3 is 2.35 bits per heavy atom. The molecule has 3 aliphatic rings. The molecule has 2 fully saturated rings. The maximum atomic E-state index is 2.50. The number of quaternary nitrogens is 2. The number of nitrogens with one attached hydrogen (secondary N) is 2. The summed E-state index contributed by atoms with van der Waals surface area (Å²) in [5.74, 6) is 2.84. The standard InChI is InChI=1S/C18H24N2/c1-2-4-18(5-3-1)20-10-8-19(9-11-20)14-17-13-15-6-7-16(17)12-15/h1-7,15-17H,8-14H2/p+2/t15-,16+,17+/m1/s1. The lowest BCUT2D eigenvalue weighted by atomic mass is 9.93. The third-order valence-corrected chi connectivity index (χ3v) is 5.71. The molecule has 1 aliphatic heterocycles. The van der Waals surface area contributed by atoms with Gasteiger partial charge in [-0.2, -0.15) is 0 Å². The van der Waals surface area contributed by atoms with Gasteiger partial charge in [0.25, 0.3) is 0 Å². The van der Waals surface area contributed by atoms with Gasteiger partial charge in [-0.05, 0) is 36.8 Å². The highest BCUT2D eigenvalue weighted by Gasteiger charge is 2.38. The van der Waals surface area contributed by atoms with Crippen LogP contribution in [0.3, 0.4) is 0 Å². The molecule has 1 aromatic rings. The number of allylic oxidation sites excluding steroid dienone is 2. The molecule has 1 heterocycles. The maximum Gasteiger partial charge on any atom is 0.132 e. The van der Waals surface area contributed by atoms with Crippen molar-refractivity contribution in [2.75, 3.05) is 32.7 Å².